The number of hydrogen-bond donors (Lipinski definition) is 1. The van der Waals surface area contributed by atoms with Crippen LogP contribution >= 0.6 is 0 Å². The summed E-state index contributed by atoms with van der Waals surface area (Å²) in [5.74, 6) is 1.67. The van der Waals surface area contributed by atoms with Crippen LogP contribution in [0.4, 0.5) is 0 Å². The van der Waals surface area contributed by atoms with Crippen LogP contribution in [0, 0.1) is 0 Å². The molecule has 0 aromatic heterocycles. The molecule has 4 nitrogen and oxygen atoms in total. The summed E-state index contributed by atoms with van der Waals surface area (Å²) in [7, 11) is 1.73. The van der Waals surface area contributed by atoms with Crippen molar-refractivity contribution in [2.24, 2.45) is 0 Å². The summed E-state index contributed by atoms with van der Waals surface area (Å²) in [5, 5.41) is 3.45. The van der Waals surface area contributed by atoms with Crippen LogP contribution in [-0.4, -0.2) is 33.0 Å². The minimum absolute atomic E-state index is 0.102. The highest BCUT2D eigenvalue weighted by atomic mass is 16.5. The summed E-state index contributed by atoms with van der Waals surface area (Å²) in [4.78, 5) is 0. The Hall–Kier alpha value is -1.26. The molecule has 106 valence electrons. The molecule has 0 saturated carbocycles. The normalized spacial score (nSPS) is 17.6. The summed E-state index contributed by atoms with van der Waals surface area (Å²) in [5.41, 5.74) is 1.17. The molecule has 0 saturated heterocycles. The van der Waals surface area contributed by atoms with Crippen LogP contribution in [-0.2, 0) is 4.74 Å². The standard InChI is InChI=1S/C15H23NO3/c1-4-16-15(11(2)17-3)12-6-7-13-14(10-12)19-9-5-8-18-13/h6-7,10-11,15-16H,4-5,8-9H2,1-3H3. The molecule has 19 heavy (non-hydrogen) atoms. The van der Waals surface area contributed by atoms with Crippen LogP contribution in [0.25, 0.3) is 0 Å². The molecule has 1 N–H and O–H groups in total. The predicted octanol–water partition coefficient (Wildman–Crippen LogP) is 2.53. The van der Waals surface area contributed by atoms with E-state index >= 15 is 0 Å². The quantitative estimate of drug-likeness (QED) is 0.888. The lowest BCUT2D eigenvalue weighted by Gasteiger charge is -2.24. The molecule has 2 rings (SSSR count). The van der Waals surface area contributed by atoms with Crippen LogP contribution in [0.5, 0.6) is 11.5 Å². The Morgan fingerprint density at radius 1 is 1.26 bits per heavy atom. The Labute approximate surface area is 115 Å². The lowest BCUT2D eigenvalue weighted by molar-refractivity contribution is 0.0835. The third kappa shape index (κ3) is 3.39. The fraction of sp³-hybridized carbons (Fsp3) is 0.600. The number of nitrogens with one attached hydrogen (secondary N) is 1. The highest BCUT2D eigenvalue weighted by Crippen LogP contribution is 2.33. The number of benzene rings is 1. The third-order valence-corrected chi connectivity index (χ3v) is 3.40. The van der Waals surface area contributed by atoms with Crippen molar-refractivity contribution in [1.29, 1.82) is 0 Å². The Morgan fingerprint density at radius 2 is 2.00 bits per heavy atom. The largest absolute Gasteiger partial charge is 0.490 e. The SMILES string of the molecule is CCNC(c1ccc2c(c1)OCCCO2)C(C)OC. The van der Waals surface area contributed by atoms with Crippen LogP contribution in [0.2, 0.25) is 0 Å². The molecular weight excluding hydrogens is 242 g/mol. The van der Waals surface area contributed by atoms with E-state index in [0.29, 0.717) is 6.61 Å². The van der Waals surface area contributed by atoms with E-state index in [1.54, 1.807) is 7.11 Å². The van der Waals surface area contributed by atoms with E-state index in [9.17, 15) is 0 Å². The van der Waals surface area contributed by atoms with E-state index in [2.05, 4.69) is 31.3 Å². The summed E-state index contributed by atoms with van der Waals surface area (Å²) in [6.45, 7) is 6.49. The molecule has 1 aromatic rings. The molecule has 0 fully saturated rings. The second-order valence-electron chi connectivity index (χ2n) is 4.73. The maximum Gasteiger partial charge on any atom is 0.161 e. The van der Waals surface area contributed by atoms with Crippen molar-refractivity contribution >= 4 is 0 Å². The molecule has 0 amide bonds. The number of rotatable bonds is 5. The fourth-order valence-corrected chi connectivity index (χ4v) is 2.28. The van der Waals surface area contributed by atoms with E-state index in [-0.39, 0.29) is 12.1 Å². The molecule has 0 aliphatic carbocycles. The molecule has 1 aromatic carbocycles. The first-order valence-electron chi connectivity index (χ1n) is 6.92. The van der Waals surface area contributed by atoms with Gasteiger partial charge in [0.1, 0.15) is 0 Å². The average Bonchev–Trinajstić information content (AvgIpc) is 2.68. The molecule has 1 aliphatic rings. The maximum atomic E-state index is 5.74. The molecule has 4 heteroatoms. The highest BCUT2D eigenvalue weighted by molar-refractivity contribution is 5.44. The van der Waals surface area contributed by atoms with Crippen molar-refractivity contribution in [3.8, 4) is 11.5 Å². The van der Waals surface area contributed by atoms with Gasteiger partial charge >= 0.3 is 0 Å². The van der Waals surface area contributed by atoms with Crippen molar-refractivity contribution in [2.45, 2.75) is 32.4 Å². The predicted molar refractivity (Wildman–Crippen MR) is 74.9 cm³/mol. The highest BCUT2D eigenvalue weighted by Gasteiger charge is 2.20. The van der Waals surface area contributed by atoms with Gasteiger partial charge in [-0.3, -0.25) is 0 Å². The second kappa shape index (κ2) is 6.78. The van der Waals surface area contributed by atoms with E-state index in [1.807, 2.05) is 6.07 Å². The van der Waals surface area contributed by atoms with E-state index < -0.39 is 0 Å². The van der Waals surface area contributed by atoms with Gasteiger partial charge in [-0.15, -0.1) is 0 Å². The summed E-state index contributed by atoms with van der Waals surface area (Å²) in [6.07, 6.45) is 1.03. The van der Waals surface area contributed by atoms with E-state index in [0.717, 1.165) is 31.1 Å². The minimum Gasteiger partial charge on any atom is -0.490 e. The molecule has 2 unspecified atom stereocenters. The van der Waals surface area contributed by atoms with Gasteiger partial charge in [0.05, 0.1) is 25.4 Å². The third-order valence-electron chi connectivity index (χ3n) is 3.40. The molecule has 1 heterocycles. The van der Waals surface area contributed by atoms with Gasteiger partial charge in [-0.2, -0.15) is 0 Å². The van der Waals surface area contributed by atoms with Gasteiger partial charge in [-0.1, -0.05) is 13.0 Å². The Morgan fingerprint density at radius 3 is 2.68 bits per heavy atom. The first-order valence-corrected chi connectivity index (χ1v) is 6.92. The number of likely N-dealkylation sites (N-methyl/N-ethyl adjacent to an activating group) is 1. The number of hydrogen-bond acceptors (Lipinski definition) is 4. The lowest BCUT2D eigenvalue weighted by atomic mass is 10.0. The first-order chi connectivity index (χ1) is 9.26. The zero-order valence-corrected chi connectivity index (χ0v) is 11.9. The first kappa shape index (κ1) is 14.2. The van der Waals surface area contributed by atoms with Crippen molar-refractivity contribution in [3.63, 3.8) is 0 Å². The van der Waals surface area contributed by atoms with Crippen molar-refractivity contribution < 1.29 is 14.2 Å². The zero-order valence-electron chi connectivity index (χ0n) is 11.9. The van der Waals surface area contributed by atoms with Crippen LogP contribution < -0.4 is 14.8 Å². The monoisotopic (exact) mass is 265 g/mol. The topological polar surface area (TPSA) is 39.7 Å². The van der Waals surface area contributed by atoms with Gasteiger partial charge in [0.25, 0.3) is 0 Å². The maximum absolute atomic E-state index is 5.74. The second-order valence-corrected chi connectivity index (χ2v) is 4.73. The van der Waals surface area contributed by atoms with E-state index in [4.69, 9.17) is 14.2 Å². The average molecular weight is 265 g/mol. The lowest BCUT2D eigenvalue weighted by Crippen LogP contribution is -2.31. The summed E-state index contributed by atoms with van der Waals surface area (Å²) >= 11 is 0. The molecule has 0 radical (unpaired) electrons. The molecule has 0 bridgehead atoms. The van der Waals surface area contributed by atoms with E-state index in [1.165, 1.54) is 5.56 Å². The van der Waals surface area contributed by atoms with Gasteiger partial charge in [0.2, 0.25) is 0 Å². The Balaban J connectivity index is 2.25. The van der Waals surface area contributed by atoms with Crippen molar-refractivity contribution in [3.05, 3.63) is 23.8 Å². The summed E-state index contributed by atoms with van der Waals surface area (Å²) in [6, 6.07) is 6.29. The number of methoxy groups -OCH3 is 1. The number of ether oxygens (including phenoxy) is 3. The molecule has 0 spiro atoms. The summed E-state index contributed by atoms with van der Waals surface area (Å²) < 4.78 is 16.8. The van der Waals surface area contributed by atoms with Gasteiger partial charge in [-0.25, -0.2) is 0 Å². The number of fused-ring (bicyclic) bond motifs is 1. The molecule has 1 aliphatic heterocycles. The van der Waals surface area contributed by atoms with Crippen LogP contribution in [0.3, 0.4) is 0 Å². The van der Waals surface area contributed by atoms with Gasteiger partial charge in [0, 0.05) is 13.5 Å². The zero-order chi connectivity index (χ0) is 13.7. The van der Waals surface area contributed by atoms with Gasteiger partial charge < -0.3 is 19.5 Å². The van der Waals surface area contributed by atoms with Crippen LogP contribution in [0.15, 0.2) is 18.2 Å². The molecule has 2 atom stereocenters. The molecular formula is C15H23NO3. The van der Waals surface area contributed by atoms with Crippen molar-refractivity contribution in [1.82, 2.24) is 5.32 Å². The Bertz CT molecular complexity index is 408. The van der Waals surface area contributed by atoms with Crippen molar-refractivity contribution in [2.75, 3.05) is 26.9 Å². The van der Waals surface area contributed by atoms with Crippen LogP contribution in [0.1, 0.15) is 31.9 Å². The smallest absolute Gasteiger partial charge is 0.161 e. The fourth-order valence-electron chi connectivity index (χ4n) is 2.28. The van der Waals surface area contributed by atoms with Gasteiger partial charge in [-0.05, 0) is 31.2 Å². The van der Waals surface area contributed by atoms with Gasteiger partial charge in [0.15, 0.2) is 11.5 Å². The Kier molecular flexibility index (Phi) is 5.05. The minimum atomic E-state index is 0.102.